The first-order valence-electron chi connectivity index (χ1n) is 5.49. The standard InChI is InChI=1S/C13H18O2S/c1-4-6-12(5-2)16(14,15)13-9-7-11(3)8-10-13/h5,7-10H,4,6H2,1-3H3/b12-5+. The minimum Gasteiger partial charge on any atom is -0.219 e. The van der Waals surface area contributed by atoms with Crippen LogP contribution in [0, 0.1) is 6.92 Å². The van der Waals surface area contributed by atoms with Crippen molar-refractivity contribution in [3.8, 4) is 0 Å². The molecule has 88 valence electrons. The number of allylic oxidation sites excluding steroid dienone is 2. The van der Waals surface area contributed by atoms with Crippen LogP contribution in [-0.2, 0) is 9.84 Å². The predicted octanol–water partition coefficient (Wildman–Crippen LogP) is 3.47. The van der Waals surface area contributed by atoms with Crippen LogP contribution in [0.5, 0.6) is 0 Å². The van der Waals surface area contributed by atoms with Crippen LogP contribution in [-0.4, -0.2) is 8.42 Å². The first kappa shape index (κ1) is 13.0. The average Bonchev–Trinajstić information content (AvgIpc) is 2.26. The van der Waals surface area contributed by atoms with Gasteiger partial charge in [-0.15, -0.1) is 0 Å². The minimum atomic E-state index is -3.27. The summed E-state index contributed by atoms with van der Waals surface area (Å²) in [6, 6.07) is 6.99. The second kappa shape index (κ2) is 5.30. The highest BCUT2D eigenvalue weighted by Gasteiger charge is 2.18. The summed E-state index contributed by atoms with van der Waals surface area (Å²) in [6.45, 7) is 5.70. The average molecular weight is 238 g/mol. The van der Waals surface area contributed by atoms with Gasteiger partial charge in [-0.05, 0) is 32.4 Å². The third-order valence-corrected chi connectivity index (χ3v) is 4.52. The molecule has 0 amide bonds. The van der Waals surface area contributed by atoms with E-state index >= 15 is 0 Å². The second-order valence-corrected chi connectivity index (χ2v) is 5.82. The predicted molar refractivity (Wildman–Crippen MR) is 67.0 cm³/mol. The van der Waals surface area contributed by atoms with Crippen molar-refractivity contribution in [2.45, 2.75) is 38.5 Å². The van der Waals surface area contributed by atoms with Gasteiger partial charge < -0.3 is 0 Å². The number of hydrogen-bond acceptors (Lipinski definition) is 2. The van der Waals surface area contributed by atoms with Crippen molar-refractivity contribution in [3.05, 3.63) is 40.8 Å². The van der Waals surface area contributed by atoms with Crippen molar-refractivity contribution in [3.63, 3.8) is 0 Å². The van der Waals surface area contributed by atoms with E-state index in [0.717, 1.165) is 12.0 Å². The molecule has 0 unspecified atom stereocenters. The highest BCUT2D eigenvalue weighted by molar-refractivity contribution is 7.95. The molecule has 0 saturated heterocycles. The molecule has 0 radical (unpaired) electrons. The van der Waals surface area contributed by atoms with Gasteiger partial charge in [0.1, 0.15) is 0 Å². The highest BCUT2D eigenvalue weighted by atomic mass is 32.2. The summed E-state index contributed by atoms with van der Waals surface area (Å²) in [6.07, 6.45) is 3.14. The number of aryl methyl sites for hydroxylation is 1. The molecule has 0 aliphatic rings. The van der Waals surface area contributed by atoms with Crippen LogP contribution in [0.3, 0.4) is 0 Å². The molecule has 0 aromatic heterocycles. The van der Waals surface area contributed by atoms with Crippen LogP contribution in [0.25, 0.3) is 0 Å². The number of sulfone groups is 1. The third kappa shape index (κ3) is 2.73. The summed E-state index contributed by atoms with van der Waals surface area (Å²) in [5.41, 5.74) is 1.07. The van der Waals surface area contributed by atoms with Gasteiger partial charge in [-0.25, -0.2) is 8.42 Å². The van der Waals surface area contributed by atoms with Crippen molar-refractivity contribution >= 4 is 9.84 Å². The van der Waals surface area contributed by atoms with Crippen molar-refractivity contribution in [2.75, 3.05) is 0 Å². The van der Waals surface area contributed by atoms with Crippen LogP contribution in [0.2, 0.25) is 0 Å². The molecule has 2 nitrogen and oxygen atoms in total. The summed E-state index contributed by atoms with van der Waals surface area (Å²) in [7, 11) is -3.27. The zero-order chi connectivity index (χ0) is 12.2. The SMILES string of the molecule is C/C=C(\CCC)S(=O)(=O)c1ccc(C)cc1. The fraction of sp³-hybridized carbons (Fsp3) is 0.385. The minimum absolute atomic E-state index is 0.389. The number of hydrogen-bond donors (Lipinski definition) is 0. The first-order chi connectivity index (χ1) is 7.52. The molecule has 16 heavy (non-hydrogen) atoms. The Morgan fingerprint density at radius 1 is 1.25 bits per heavy atom. The second-order valence-electron chi connectivity index (χ2n) is 3.82. The van der Waals surface area contributed by atoms with Gasteiger partial charge in [0.15, 0.2) is 0 Å². The van der Waals surface area contributed by atoms with E-state index in [2.05, 4.69) is 0 Å². The lowest BCUT2D eigenvalue weighted by molar-refractivity contribution is 0.599. The van der Waals surface area contributed by atoms with Crippen LogP contribution < -0.4 is 0 Å². The molecule has 0 atom stereocenters. The van der Waals surface area contributed by atoms with Gasteiger partial charge in [-0.2, -0.15) is 0 Å². The Morgan fingerprint density at radius 3 is 2.25 bits per heavy atom. The molecule has 0 fully saturated rings. The van der Waals surface area contributed by atoms with E-state index < -0.39 is 9.84 Å². The summed E-state index contributed by atoms with van der Waals surface area (Å²) in [5.74, 6) is 0. The molecular formula is C13H18O2S. The molecule has 1 aromatic carbocycles. The van der Waals surface area contributed by atoms with E-state index in [1.54, 1.807) is 25.1 Å². The van der Waals surface area contributed by atoms with Crippen molar-refractivity contribution < 1.29 is 8.42 Å². The lowest BCUT2D eigenvalue weighted by Crippen LogP contribution is -2.04. The molecule has 0 bridgehead atoms. The van der Waals surface area contributed by atoms with Gasteiger partial charge in [0.2, 0.25) is 9.84 Å². The van der Waals surface area contributed by atoms with Crippen molar-refractivity contribution in [1.82, 2.24) is 0 Å². The lowest BCUT2D eigenvalue weighted by atomic mass is 10.2. The quantitative estimate of drug-likeness (QED) is 0.805. The smallest absolute Gasteiger partial charge is 0.202 e. The van der Waals surface area contributed by atoms with Crippen LogP contribution in [0.4, 0.5) is 0 Å². The third-order valence-electron chi connectivity index (χ3n) is 2.49. The van der Waals surface area contributed by atoms with Crippen LogP contribution in [0.15, 0.2) is 40.1 Å². The van der Waals surface area contributed by atoms with Crippen molar-refractivity contribution in [2.24, 2.45) is 0 Å². The Bertz CT molecular complexity index is 467. The maximum atomic E-state index is 12.2. The Kier molecular flexibility index (Phi) is 4.30. The Morgan fingerprint density at radius 2 is 1.81 bits per heavy atom. The molecule has 0 heterocycles. The lowest BCUT2D eigenvalue weighted by Gasteiger charge is -2.07. The molecule has 0 saturated carbocycles. The topological polar surface area (TPSA) is 34.1 Å². The maximum Gasteiger partial charge on any atom is 0.202 e. The fourth-order valence-corrected chi connectivity index (χ4v) is 3.13. The normalized spacial score (nSPS) is 12.8. The molecule has 3 heteroatoms. The van der Waals surface area contributed by atoms with Gasteiger partial charge >= 0.3 is 0 Å². The first-order valence-corrected chi connectivity index (χ1v) is 6.97. The number of rotatable bonds is 4. The maximum absolute atomic E-state index is 12.2. The number of benzene rings is 1. The molecular weight excluding hydrogens is 220 g/mol. The van der Waals surface area contributed by atoms with Crippen molar-refractivity contribution in [1.29, 1.82) is 0 Å². The van der Waals surface area contributed by atoms with E-state index in [-0.39, 0.29) is 0 Å². The van der Waals surface area contributed by atoms with Gasteiger partial charge in [-0.3, -0.25) is 0 Å². The molecule has 0 aliphatic carbocycles. The van der Waals surface area contributed by atoms with Gasteiger partial charge in [0, 0.05) is 4.91 Å². The molecule has 0 N–H and O–H groups in total. The van der Waals surface area contributed by atoms with E-state index in [0.29, 0.717) is 16.2 Å². The van der Waals surface area contributed by atoms with E-state index in [1.165, 1.54) is 0 Å². The van der Waals surface area contributed by atoms with Gasteiger partial charge in [0.25, 0.3) is 0 Å². The summed E-state index contributed by atoms with van der Waals surface area (Å²) < 4.78 is 24.4. The van der Waals surface area contributed by atoms with Gasteiger partial charge in [-0.1, -0.05) is 37.1 Å². The molecule has 0 spiro atoms. The Labute approximate surface area is 97.9 Å². The molecule has 1 rings (SSSR count). The zero-order valence-corrected chi connectivity index (χ0v) is 10.8. The van der Waals surface area contributed by atoms with Gasteiger partial charge in [0.05, 0.1) is 4.90 Å². The van der Waals surface area contributed by atoms with E-state index in [4.69, 9.17) is 0 Å². The largest absolute Gasteiger partial charge is 0.219 e. The summed E-state index contributed by atoms with van der Waals surface area (Å²) in [4.78, 5) is 0.901. The zero-order valence-electron chi connectivity index (χ0n) is 10.0. The highest BCUT2D eigenvalue weighted by Crippen LogP contribution is 2.22. The van der Waals surface area contributed by atoms with E-state index in [9.17, 15) is 8.42 Å². The van der Waals surface area contributed by atoms with Crippen LogP contribution in [0.1, 0.15) is 32.3 Å². The molecule has 0 aliphatic heterocycles. The Balaban J connectivity index is 3.15. The summed E-state index contributed by atoms with van der Waals surface area (Å²) in [5, 5.41) is 0. The van der Waals surface area contributed by atoms with E-state index in [1.807, 2.05) is 26.0 Å². The Hall–Kier alpha value is -1.09. The van der Waals surface area contributed by atoms with Crippen LogP contribution >= 0.6 is 0 Å². The molecule has 1 aromatic rings. The monoisotopic (exact) mass is 238 g/mol. The fourth-order valence-electron chi connectivity index (χ4n) is 1.55. The summed E-state index contributed by atoms with van der Waals surface area (Å²) >= 11 is 0.